The fourth-order valence-electron chi connectivity index (χ4n) is 5.77. The van der Waals surface area contributed by atoms with Gasteiger partial charge in [-0.2, -0.15) is 11.8 Å². The van der Waals surface area contributed by atoms with Crippen LogP contribution in [0.2, 0.25) is 0 Å². The molecule has 3 saturated heterocycles. The summed E-state index contributed by atoms with van der Waals surface area (Å²) < 4.78 is 44.0. The number of thioether (sulfide) groups is 1. The summed E-state index contributed by atoms with van der Waals surface area (Å²) >= 11 is 1.87. The molecule has 0 unspecified atom stereocenters. The first-order chi connectivity index (χ1) is 27.9. The smallest absolute Gasteiger partial charge is 0.335 e. The molecule has 0 aromatic heterocycles. The Morgan fingerprint density at radius 2 is 1.21 bits per heavy atom. The first-order valence-electron chi connectivity index (χ1n) is 19.5. The number of rotatable bonds is 36. The van der Waals surface area contributed by atoms with Crippen molar-refractivity contribution in [2.75, 3.05) is 131 Å². The first-order valence-corrected chi connectivity index (χ1v) is 20.6. The van der Waals surface area contributed by atoms with Gasteiger partial charge in [-0.15, -0.1) is 5.06 Å². The van der Waals surface area contributed by atoms with Gasteiger partial charge < -0.3 is 58.3 Å². The van der Waals surface area contributed by atoms with Crippen LogP contribution in [0.25, 0.3) is 10.4 Å². The second kappa shape index (κ2) is 30.7. The number of hydrogen-bond acceptors (Lipinski definition) is 16. The lowest BCUT2D eigenvalue weighted by atomic mass is 10.0. The Labute approximate surface area is 337 Å². The zero-order chi connectivity index (χ0) is 40.8. The number of urea groups is 1. The lowest BCUT2D eigenvalue weighted by Gasteiger charge is -2.23. The number of amides is 5. The lowest BCUT2D eigenvalue weighted by Crippen LogP contribution is -2.37. The molecule has 2 N–H and O–H groups in total. The SMILES string of the molecule is [N-]=[N+]=NCCOCCOCCOCCOCCN(CCOCCOCCOCCOCCC(=O)ON1C(=O)CCC1=O)C(=O)CCCC[C@@H]1SC[C@@H]2NC(=O)N[C@@H]21. The Kier molecular flexibility index (Phi) is 25.9. The first kappa shape index (κ1) is 48.1. The van der Waals surface area contributed by atoms with Crippen molar-refractivity contribution in [3.8, 4) is 0 Å². The van der Waals surface area contributed by atoms with Crippen molar-refractivity contribution in [2.24, 2.45) is 5.11 Å². The number of nitrogens with zero attached hydrogens (tertiary/aromatic N) is 5. The summed E-state index contributed by atoms with van der Waals surface area (Å²) in [6.07, 6.45) is 2.99. The third-order valence-corrected chi connectivity index (χ3v) is 10.2. The molecule has 0 saturated carbocycles. The minimum atomic E-state index is -0.719. The van der Waals surface area contributed by atoms with E-state index in [1.807, 2.05) is 11.8 Å². The summed E-state index contributed by atoms with van der Waals surface area (Å²) in [6, 6.07) is 0.240. The van der Waals surface area contributed by atoms with Crippen LogP contribution in [0, 0.1) is 0 Å². The van der Waals surface area contributed by atoms with Crippen molar-refractivity contribution in [1.82, 2.24) is 20.6 Å². The number of azide groups is 1. The molecule has 0 aromatic carbocycles. The van der Waals surface area contributed by atoms with Gasteiger partial charge in [-0.25, -0.2) is 9.59 Å². The van der Waals surface area contributed by atoms with Crippen molar-refractivity contribution in [3.63, 3.8) is 0 Å². The van der Waals surface area contributed by atoms with Gasteiger partial charge >= 0.3 is 12.0 Å². The average molecular weight is 834 g/mol. The molecule has 3 rings (SSSR count). The maximum Gasteiger partial charge on any atom is 0.335 e. The molecule has 21 nitrogen and oxygen atoms in total. The summed E-state index contributed by atoms with van der Waals surface area (Å²) in [5.41, 5.74) is 8.22. The van der Waals surface area contributed by atoms with Crippen LogP contribution in [0.5, 0.6) is 0 Å². The van der Waals surface area contributed by atoms with E-state index in [0.717, 1.165) is 25.0 Å². The van der Waals surface area contributed by atoms with Crippen LogP contribution in [0.4, 0.5) is 4.79 Å². The quantitative estimate of drug-likeness (QED) is 0.0223. The van der Waals surface area contributed by atoms with Crippen molar-refractivity contribution < 1.29 is 66.7 Å². The number of imide groups is 1. The molecule has 3 heterocycles. The normalized spacial score (nSPS) is 18.7. The van der Waals surface area contributed by atoms with Gasteiger partial charge in [-0.3, -0.25) is 14.4 Å². The van der Waals surface area contributed by atoms with E-state index in [2.05, 4.69) is 20.7 Å². The van der Waals surface area contributed by atoms with Crippen molar-refractivity contribution in [3.05, 3.63) is 10.4 Å². The average Bonchev–Trinajstić information content (AvgIpc) is 3.86. The molecule has 3 fully saturated rings. The zero-order valence-corrected chi connectivity index (χ0v) is 33.5. The summed E-state index contributed by atoms with van der Waals surface area (Å²) in [5.74, 6) is -0.822. The van der Waals surface area contributed by atoms with E-state index in [1.165, 1.54) is 0 Å². The Bertz CT molecular complexity index is 1230. The molecule has 5 amide bonds. The molecule has 0 aromatic rings. The Hall–Kier alpha value is -3.31. The van der Waals surface area contributed by atoms with E-state index in [-0.39, 0.29) is 56.5 Å². The topological polar surface area (TPSA) is 248 Å². The number of carbonyl (C=O) groups excluding carboxylic acids is 5. The Morgan fingerprint density at radius 3 is 1.75 bits per heavy atom. The van der Waals surface area contributed by atoms with Gasteiger partial charge in [0.1, 0.15) is 0 Å². The number of unbranched alkanes of at least 4 members (excludes halogenated alkanes) is 1. The fraction of sp³-hybridized carbons (Fsp3) is 0.857. The minimum absolute atomic E-state index is 0.0394. The molecule has 3 aliphatic heterocycles. The molecule has 0 spiro atoms. The van der Waals surface area contributed by atoms with Crippen LogP contribution >= 0.6 is 11.8 Å². The third-order valence-electron chi connectivity index (χ3n) is 8.71. The standard InChI is InChI=1S/C35H59N7O14S/c36-40-37-8-12-49-16-20-53-24-26-55-22-18-51-14-10-41(30(43)4-2-1-3-29-34-28(27-57-29)38-35(47)39-34)9-13-50-17-21-54-25-23-52-19-15-48-11-7-33(46)56-42-31(44)5-6-32(42)45/h28-29,34H,1-27H2,(H2,38,39,47)/t28-,29-,34-/m0/s1. The van der Waals surface area contributed by atoms with Crippen molar-refractivity contribution in [2.45, 2.75) is 62.3 Å². The molecule has 22 heteroatoms. The lowest BCUT2D eigenvalue weighted by molar-refractivity contribution is -0.198. The molecule has 324 valence electrons. The monoisotopic (exact) mass is 833 g/mol. The van der Waals surface area contributed by atoms with Gasteiger partial charge in [0.05, 0.1) is 124 Å². The minimum Gasteiger partial charge on any atom is -0.379 e. The molecule has 0 radical (unpaired) electrons. The number of carbonyl (C=O) groups is 5. The highest BCUT2D eigenvalue weighted by atomic mass is 32.2. The van der Waals surface area contributed by atoms with Crippen LogP contribution in [0.1, 0.15) is 44.9 Å². The Morgan fingerprint density at radius 1 is 0.702 bits per heavy atom. The summed E-state index contributed by atoms with van der Waals surface area (Å²) in [5, 5.41) is 10.2. The van der Waals surface area contributed by atoms with Gasteiger partial charge in [0.25, 0.3) is 11.8 Å². The maximum absolute atomic E-state index is 13.2. The van der Waals surface area contributed by atoms with Gasteiger partial charge in [-0.1, -0.05) is 11.5 Å². The summed E-state index contributed by atoms with van der Waals surface area (Å²) in [6.45, 7) is 6.64. The number of hydrogen-bond donors (Lipinski definition) is 2. The Balaban J connectivity index is 1.18. The van der Waals surface area contributed by atoms with E-state index in [9.17, 15) is 24.0 Å². The highest BCUT2D eigenvalue weighted by Crippen LogP contribution is 2.33. The fourth-order valence-corrected chi connectivity index (χ4v) is 7.31. The molecule has 0 bridgehead atoms. The zero-order valence-electron chi connectivity index (χ0n) is 32.7. The largest absolute Gasteiger partial charge is 0.379 e. The molecule has 3 aliphatic rings. The van der Waals surface area contributed by atoms with E-state index in [4.69, 9.17) is 48.3 Å². The van der Waals surface area contributed by atoms with E-state index < -0.39 is 17.8 Å². The van der Waals surface area contributed by atoms with Gasteiger partial charge in [-0.05, 0) is 18.4 Å². The van der Waals surface area contributed by atoms with Gasteiger partial charge in [0.2, 0.25) is 5.91 Å². The van der Waals surface area contributed by atoms with E-state index in [0.29, 0.717) is 129 Å². The van der Waals surface area contributed by atoms with Gasteiger partial charge in [0.15, 0.2) is 0 Å². The highest BCUT2D eigenvalue weighted by molar-refractivity contribution is 8.00. The summed E-state index contributed by atoms with van der Waals surface area (Å²) in [4.78, 5) is 68.8. The van der Waals surface area contributed by atoms with Crippen molar-refractivity contribution in [1.29, 1.82) is 0 Å². The van der Waals surface area contributed by atoms with Crippen LogP contribution in [0.3, 0.4) is 0 Å². The number of ether oxygens (including phenoxy) is 8. The third kappa shape index (κ3) is 21.3. The van der Waals surface area contributed by atoms with Crippen LogP contribution in [-0.2, 0) is 61.9 Å². The molecule has 0 aliphatic carbocycles. The number of fused-ring (bicyclic) bond motifs is 1. The highest BCUT2D eigenvalue weighted by Gasteiger charge is 2.42. The second-order valence-corrected chi connectivity index (χ2v) is 14.2. The molecule has 57 heavy (non-hydrogen) atoms. The maximum atomic E-state index is 13.2. The van der Waals surface area contributed by atoms with Crippen LogP contribution in [-0.4, -0.2) is 188 Å². The molecular weight excluding hydrogens is 774 g/mol. The number of hydroxylamine groups is 2. The van der Waals surface area contributed by atoms with Crippen LogP contribution < -0.4 is 10.6 Å². The van der Waals surface area contributed by atoms with Crippen molar-refractivity contribution >= 4 is 41.5 Å². The second-order valence-electron chi connectivity index (χ2n) is 12.9. The number of nitrogens with one attached hydrogen (secondary N) is 2. The van der Waals surface area contributed by atoms with Gasteiger partial charge in [0, 0.05) is 54.8 Å². The predicted molar refractivity (Wildman–Crippen MR) is 203 cm³/mol. The summed E-state index contributed by atoms with van der Waals surface area (Å²) in [7, 11) is 0. The van der Waals surface area contributed by atoms with Crippen LogP contribution in [0.15, 0.2) is 5.11 Å². The molecular formula is C35H59N7O14S. The molecule has 3 atom stereocenters. The van der Waals surface area contributed by atoms with E-state index >= 15 is 0 Å². The predicted octanol–water partition coefficient (Wildman–Crippen LogP) is 0.981. The van der Waals surface area contributed by atoms with E-state index in [1.54, 1.807) is 4.90 Å².